The van der Waals surface area contributed by atoms with Gasteiger partial charge in [0, 0.05) is 0 Å². The van der Waals surface area contributed by atoms with Crippen LogP contribution in [0.3, 0.4) is 0 Å². The maximum Gasteiger partial charge on any atom is 0.335 e. The third-order valence-corrected chi connectivity index (χ3v) is 2.69. The van der Waals surface area contributed by atoms with Crippen LogP contribution in [0, 0.1) is 0 Å². The van der Waals surface area contributed by atoms with E-state index in [9.17, 15) is 4.79 Å². The molecule has 0 saturated carbocycles. The number of aliphatic carboxylic acids is 1. The summed E-state index contributed by atoms with van der Waals surface area (Å²) in [5.41, 5.74) is -0.866. The van der Waals surface area contributed by atoms with Crippen LogP contribution in [0.1, 0.15) is 20.8 Å². The van der Waals surface area contributed by atoms with Crippen molar-refractivity contribution in [3.8, 4) is 0 Å². The van der Waals surface area contributed by atoms with E-state index in [-0.39, 0.29) is 12.7 Å². The molecule has 0 aromatic heterocycles. The Morgan fingerprint density at radius 2 is 2.07 bits per heavy atom. The second-order valence-electron chi connectivity index (χ2n) is 4.34. The van der Waals surface area contributed by atoms with E-state index in [1.54, 1.807) is 20.8 Å². The van der Waals surface area contributed by atoms with Gasteiger partial charge in [0.05, 0.1) is 6.61 Å². The molecule has 2 rings (SSSR count). The number of carboxylic acids is 1. The fourth-order valence-electron chi connectivity index (χ4n) is 2.17. The highest BCUT2D eigenvalue weighted by Crippen LogP contribution is 2.43. The SMILES string of the molecule is CC1(C)O[C@H]2CO[C@H](C(=O)O)[C@@]2(C)O1. The van der Waals surface area contributed by atoms with E-state index in [0.29, 0.717) is 0 Å². The van der Waals surface area contributed by atoms with E-state index in [1.807, 2.05) is 0 Å². The smallest absolute Gasteiger partial charge is 0.335 e. The van der Waals surface area contributed by atoms with Gasteiger partial charge in [0.25, 0.3) is 0 Å². The molecule has 0 aliphatic carbocycles. The lowest BCUT2D eigenvalue weighted by Crippen LogP contribution is -2.47. The van der Waals surface area contributed by atoms with Crippen molar-refractivity contribution in [2.75, 3.05) is 6.61 Å². The molecule has 0 spiro atoms. The lowest BCUT2D eigenvalue weighted by molar-refractivity contribution is -0.200. The highest BCUT2D eigenvalue weighted by Gasteiger charge is 2.61. The summed E-state index contributed by atoms with van der Waals surface area (Å²) < 4.78 is 16.3. The molecule has 0 unspecified atom stereocenters. The van der Waals surface area contributed by atoms with Crippen molar-refractivity contribution in [3.05, 3.63) is 0 Å². The van der Waals surface area contributed by atoms with Gasteiger partial charge in [0.2, 0.25) is 0 Å². The van der Waals surface area contributed by atoms with E-state index in [2.05, 4.69) is 0 Å². The zero-order valence-electron chi connectivity index (χ0n) is 8.44. The van der Waals surface area contributed by atoms with Gasteiger partial charge < -0.3 is 19.3 Å². The van der Waals surface area contributed by atoms with Gasteiger partial charge in [-0.3, -0.25) is 0 Å². The molecule has 14 heavy (non-hydrogen) atoms. The Balaban J connectivity index is 2.26. The predicted molar refractivity (Wildman–Crippen MR) is 45.8 cm³/mol. The molecule has 2 fully saturated rings. The van der Waals surface area contributed by atoms with Crippen LogP contribution in [0.2, 0.25) is 0 Å². The summed E-state index contributed by atoms with van der Waals surface area (Å²) in [7, 11) is 0. The van der Waals surface area contributed by atoms with Gasteiger partial charge in [-0.25, -0.2) is 4.79 Å². The molecule has 2 aliphatic heterocycles. The predicted octanol–water partition coefficient (Wildman–Crippen LogP) is 0.380. The molecule has 2 aliphatic rings. The quantitative estimate of drug-likeness (QED) is 0.666. The lowest BCUT2D eigenvalue weighted by atomic mass is 9.96. The molecule has 2 saturated heterocycles. The maximum absolute atomic E-state index is 10.9. The Hall–Kier alpha value is -0.650. The number of carbonyl (C=O) groups is 1. The Labute approximate surface area is 81.9 Å². The van der Waals surface area contributed by atoms with Crippen LogP contribution in [0.5, 0.6) is 0 Å². The van der Waals surface area contributed by atoms with Gasteiger partial charge in [0.1, 0.15) is 11.7 Å². The van der Waals surface area contributed by atoms with Crippen LogP contribution < -0.4 is 0 Å². The number of hydrogen-bond acceptors (Lipinski definition) is 4. The summed E-state index contributed by atoms with van der Waals surface area (Å²) in [4.78, 5) is 10.9. The van der Waals surface area contributed by atoms with Gasteiger partial charge in [0.15, 0.2) is 11.9 Å². The Morgan fingerprint density at radius 3 is 2.64 bits per heavy atom. The van der Waals surface area contributed by atoms with Gasteiger partial charge in [-0.15, -0.1) is 0 Å². The summed E-state index contributed by atoms with van der Waals surface area (Å²) in [6.45, 7) is 5.54. The van der Waals surface area contributed by atoms with E-state index in [4.69, 9.17) is 19.3 Å². The largest absolute Gasteiger partial charge is 0.479 e. The monoisotopic (exact) mass is 202 g/mol. The summed E-state index contributed by atoms with van der Waals surface area (Å²) in [5, 5.41) is 8.94. The van der Waals surface area contributed by atoms with Crippen LogP contribution in [0.4, 0.5) is 0 Å². The highest BCUT2D eigenvalue weighted by molar-refractivity contribution is 5.74. The molecule has 0 aromatic carbocycles. The van der Waals surface area contributed by atoms with Gasteiger partial charge in [-0.1, -0.05) is 0 Å². The lowest BCUT2D eigenvalue weighted by Gasteiger charge is -2.26. The van der Waals surface area contributed by atoms with Crippen LogP contribution in [0.25, 0.3) is 0 Å². The van der Waals surface area contributed by atoms with E-state index in [1.165, 1.54) is 0 Å². The average molecular weight is 202 g/mol. The normalized spacial score (nSPS) is 45.1. The topological polar surface area (TPSA) is 65.0 Å². The van der Waals surface area contributed by atoms with Crippen molar-refractivity contribution in [1.29, 1.82) is 0 Å². The van der Waals surface area contributed by atoms with Crippen molar-refractivity contribution in [2.45, 2.75) is 44.4 Å². The van der Waals surface area contributed by atoms with Gasteiger partial charge >= 0.3 is 5.97 Å². The number of ether oxygens (including phenoxy) is 3. The molecule has 80 valence electrons. The summed E-state index contributed by atoms with van der Waals surface area (Å²) >= 11 is 0. The molecule has 0 radical (unpaired) electrons. The average Bonchev–Trinajstić information content (AvgIpc) is 2.35. The summed E-state index contributed by atoms with van der Waals surface area (Å²) in [6.07, 6.45) is -1.23. The Kier molecular flexibility index (Phi) is 1.90. The van der Waals surface area contributed by atoms with Crippen molar-refractivity contribution < 1.29 is 24.1 Å². The third-order valence-electron chi connectivity index (χ3n) is 2.69. The standard InChI is InChI=1S/C9H14O5/c1-8(2)13-5-4-12-6(7(10)11)9(5,3)14-8/h5-6H,4H2,1-3H3,(H,10,11)/t5-,6+,9-/m0/s1. The Morgan fingerprint density at radius 1 is 1.43 bits per heavy atom. The first-order valence-corrected chi connectivity index (χ1v) is 4.57. The maximum atomic E-state index is 10.9. The van der Waals surface area contributed by atoms with Crippen molar-refractivity contribution in [2.24, 2.45) is 0 Å². The number of hydrogen-bond donors (Lipinski definition) is 1. The molecule has 3 atom stereocenters. The van der Waals surface area contributed by atoms with E-state index in [0.717, 1.165) is 0 Å². The summed E-state index contributed by atoms with van der Waals surface area (Å²) in [5.74, 6) is -1.73. The first kappa shape index (κ1) is 9.89. The molecule has 2 heterocycles. The van der Waals surface area contributed by atoms with E-state index < -0.39 is 23.5 Å². The van der Waals surface area contributed by atoms with Crippen LogP contribution in [-0.2, 0) is 19.0 Å². The van der Waals surface area contributed by atoms with Crippen molar-refractivity contribution >= 4 is 5.97 Å². The molecule has 1 N–H and O–H groups in total. The highest BCUT2D eigenvalue weighted by atomic mass is 16.8. The minimum atomic E-state index is -1.00. The minimum absolute atomic E-state index is 0.275. The van der Waals surface area contributed by atoms with Crippen molar-refractivity contribution in [1.82, 2.24) is 0 Å². The minimum Gasteiger partial charge on any atom is -0.479 e. The first-order chi connectivity index (χ1) is 6.35. The van der Waals surface area contributed by atoms with E-state index >= 15 is 0 Å². The number of fused-ring (bicyclic) bond motifs is 1. The fourth-order valence-corrected chi connectivity index (χ4v) is 2.17. The third kappa shape index (κ3) is 1.24. The fraction of sp³-hybridized carbons (Fsp3) is 0.889. The molecule has 0 amide bonds. The van der Waals surface area contributed by atoms with Crippen LogP contribution >= 0.6 is 0 Å². The van der Waals surface area contributed by atoms with Gasteiger partial charge in [-0.2, -0.15) is 0 Å². The van der Waals surface area contributed by atoms with Crippen molar-refractivity contribution in [3.63, 3.8) is 0 Å². The zero-order chi connectivity index (χ0) is 10.6. The number of rotatable bonds is 1. The van der Waals surface area contributed by atoms with Gasteiger partial charge in [-0.05, 0) is 20.8 Å². The molecule has 5 nitrogen and oxygen atoms in total. The zero-order valence-corrected chi connectivity index (χ0v) is 8.44. The molecule has 0 bridgehead atoms. The Bertz CT molecular complexity index is 274. The first-order valence-electron chi connectivity index (χ1n) is 4.57. The van der Waals surface area contributed by atoms with Crippen LogP contribution in [-0.4, -0.2) is 41.3 Å². The van der Waals surface area contributed by atoms with Crippen LogP contribution in [0.15, 0.2) is 0 Å². The number of carboxylic acid groups (broad SMARTS) is 1. The molecule has 5 heteroatoms. The summed E-state index contributed by atoms with van der Waals surface area (Å²) in [6, 6.07) is 0. The molecular weight excluding hydrogens is 188 g/mol. The second kappa shape index (κ2) is 2.68. The molecule has 0 aromatic rings. The second-order valence-corrected chi connectivity index (χ2v) is 4.34. The molecular formula is C9H14O5.